The van der Waals surface area contributed by atoms with E-state index in [2.05, 4.69) is 13.2 Å². The maximum atomic E-state index is 12.7. The maximum Gasteiger partial charge on any atom is 0.333 e. The smallest absolute Gasteiger partial charge is 0.333 e. The van der Waals surface area contributed by atoms with Crippen molar-refractivity contribution < 1.29 is 29.3 Å². The number of fused-ring (bicyclic) bond motifs is 5. The van der Waals surface area contributed by atoms with E-state index in [0.29, 0.717) is 19.3 Å². The van der Waals surface area contributed by atoms with Crippen LogP contribution in [0.1, 0.15) is 53.4 Å². The highest BCUT2D eigenvalue weighted by Gasteiger charge is 2.79. The molecule has 0 aromatic rings. The summed E-state index contributed by atoms with van der Waals surface area (Å²) in [5, 5.41) is 21.2. The fraction of sp³-hybridized carbons (Fsp3) is 0.727. The monoisotopic (exact) mass is 392 g/mol. The first-order valence-corrected chi connectivity index (χ1v) is 10.1. The van der Waals surface area contributed by atoms with Crippen LogP contribution in [0.25, 0.3) is 0 Å². The van der Waals surface area contributed by atoms with E-state index in [1.165, 1.54) is 0 Å². The largest absolute Gasteiger partial charge is 0.451 e. The molecule has 0 aromatic heterocycles. The van der Waals surface area contributed by atoms with Crippen LogP contribution in [0.15, 0.2) is 24.3 Å². The van der Waals surface area contributed by atoms with Crippen LogP contribution >= 0.6 is 0 Å². The minimum absolute atomic E-state index is 0.0818. The zero-order chi connectivity index (χ0) is 21.0. The van der Waals surface area contributed by atoms with Gasteiger partial charge in [-0.1, -0.05) is 13.2 Å². The fourth-order valence-electron chi connectivity index (χ4n) is 6.24. The second kappa shape index (κ2) is 6.99. The Labute approximate surface area is 166 Å². The van der Waals surface area contributed by atoms with E-state index in [1.54, 1.807) is 27.7 Å². The summed E-state index contributed by atoms with van der Waals surface area (Å²) in [5.74, 6) is -1.74. The van der Waals surface area contributed by atoms with Crippen LogP contribution in [0.3, 0.4) is 0 Å². The van der Waals surface area contributed by atoms with E-state index in [4.69, 9.17) is 9.47 Å². The van der Waals surface area contributed by atoms with E-state index < -0.39 is 41.3 Å². The van der Waals surface area contributed by atoms with Crippen LogP contribution in [-0.2, 0) is 19.1 Å². The van der Waals surface area contributed by atoms with E-state index >= 15 is 0 Å². The molecular weight excluding hydrogens is 360 g/mol. The average Bonchev–Trinajstić information content (AvgIpc) is 3.21. The number of aliphatic hydroxyl groups is 2. The quantitative estimate of drug-likeness (QED) is 0.533. The van der Waals surface area contributed by atoms with Crippen molar-refractivity contribution in [3.63, 3.8) is 0 Å². The number of esters is 2. The normalized spacial score (nSPS) is 40.5. The molecule has 0 amide bonds. The summed E-state index contributed by atoms with van der Waals surface area (Å²) in [4.78, 5) is 25.2. The lowest BCUT2D eigenvalue weighted by molar-refractivity contribution is -0.233. The van der Waals surface area contributed by atoms with Gasteiger partial charge in [-0.05, 0) is 65.2 Å². The van der Waals surface area contributed by atoms with Gasteiger partial charge in [-0.15, -0.1) is 0 Å². The molecule has 3 saturated carbocycles. The summed E-state index contributed by atoms with van der Waals surface area (Å²) in [6.45, 7) is 13.9. The van der Waals surface area contributed by atoms with Gasteiger partial charge in [-0.3, -0.25) is 0 Å². The molecule has 3 aliphatic carbocycles. The number of hydrogen-bond donors (Lipinski definition) is 2. The van der Waals surface area contributed by atoms with E-state index in [-0.39, 0.29) is 28.9 Å². The molecule has 3 aliphatic rings. The van der Waals surface area contributed by atoms with Gasteiger partial charge in [-0.2, -0.15) is 0 Å². The molecule has 0 aliphatic heterocycles. The third kappa shape index (κ3) is 2.84. The number of rotatable bonds is 6. The van der Waals surface area contributed by atoms with Crippen molar-refractivity contribution in [2.24, 2.45) is 23.7 Å². The van der Waals surface area contributed by atoms with Gasteiger partial charge in [0.2, 0.25) is 0 Å². The number of carbonyl (C=O) groups excluding carboxylic acids is 2. The van der Waals surface area contributed by atoms with Crippen LogP contribution in [0.5, 0.6) is 0 Å². The van der Waals surface area contributed by atoms with Crippen molar-refractivity contribution in [2.45, 2.75) is 76.8 Å². The lowest BCUT2D eigenvalue weighted by atomic mass is 9.67. The number of aliphatic hydroxyl groups excluding tert-OH is 2. The van der Waals surface area contributed by atoms with Crippen molar-refractivity contribution in [1.29, 1.82) is 0 Å². The minimum Gasteiger partial charge on any atom is -0.451 e. The van der Waals surface area contributed by atoms with Gasteiger partial charge in [0.15, 0.2) is 11.2 Å². The van der Waals surface area contributed by atoms with Crippen molar-refractivity contribution in [3.05, 3.63) is 24.3 Å². The Morgan fingerprint density at radius 1 is 1.04 bits per heavy atom. The Kier molecular flexibility index (Phi) is 5.26. The molecule has 8 atom stereocenters. The van der Waals surface area contributed by atoms with E-state index in [0.717, 1.165) is 6.42 Å². The molecule has 2 bridgehead atoms. The number of ether oxygens (including phenoxy) is 2. The molecule has 0 radical (unpaired) electrons. The number of hydrogen-bond acceptors (Lipinski definition) is 6. The highest BCUT2D eigenvalue weighted by molar-refractivity contribution is 5.88. The Bertz CT molecular complexity index is 710. The molecule has 156 valence electrons. The van der Waals surface area contributed by atoms with Crippen molar-refractivity contribution in [2.75, 3.05) is 0 Å². The second-order valence-electron chi connectivity index (χ2n) is 9.14. The highest BCUT2D eigenvalue weighted by atomic mass is 16.6. The first-order chi connectivity index (χ1) is 13.0. The lowest BCUT2D eigenvalue weighted by Gasteiger charge is -2.50. The van der Waals surface area contributed by atoms with Gasteiger partial charge in [0.25, 0.3) is 0 Å². The fourth-order valence-corrected chi connectivity index (χ4v) is 6.24. The summed E-state index contributed by atoms with van der Waals surface area (Å²) in [7, 11) is 0. The highest BCUT2D eigenvalue weighted by Crippen LogP contribution is 2.70. The molecule has 28 heavy (non-hydrogen) atoms. The molecule has 2 N–H and O–H groups in total. The van der Waals surface area contributed by atoms with Gasteiger partial charge < -0.3 is 19.7 Å². The van der Waals surface area contributed by atoms with E-state index in [1.807, 2.05) is 0 Å². The Morgan fingerprint density at radius 2 is 1.61 bits per heavy atom. The summed E-state index contributed by atoms with van der Waals surface area (Å²) in [6.07, 6.45) is 1.11. The van der Waals surface area contributed by atoms with Crippen molar-refractivity contribution >= 4 is 11.9 Å². The second-order valence-corrected chi connectivity index (χ2v) is 9.14. The average molecular weight is 392 g/mol. The first kappa shape index (κ1) is 21.1. The van der Waals surface area contributed by atoms with Crippen LogP contribution in [0, 0.1) is 23.7 Å². The zero-order valence-corrected chi connectivity index (χ0v) is 17.2. The van der Waals surface area contributed by atoms with Gasteiger partial charge in [0.1, 0.15) is 0 Å². The van der Waals surface area contributed by atoms with Gasteiger partial charge in [0, 0.05) is 23.0 Å². The van der Waals surface area contributed by atoms with Crippen LogP contribution in [0.4, 0.5) is 0 Å². The Balaban J connectivity index is 2.16. The molecule has 0 spiro atoms. The topological polar surface area (TPSA) is 93.1 Å². The predicted octanol–water partition coefficient (Wildman–Crippen LogP) is 2.53. The molecule has 0 heterocycles. The van der Waals surface area contributed by atoms with Crippen LogP contribution in [0.2, 0.25) is 0 Å². The standard InChI is InChI=1S/C22H32O6/c1-11(2)19(25)27-21-8-7-15(10-21)17-9-16(13(5)23)18(14(6)24)22(17,21)28-20(26)12(3)4/h13-18,23-24H,1,3,7-10H2,2,4-6H3. The molecule has 6 nitrogen and oxygen atoms in total. The molecule has 8 unspecified atom stereocenters. The Hall–Kier alpha value is -1.66. The van der Waals surface area contributed by atoms with Gasteiger partial charge in [0.05, 0.1) is 12.2 Å². The maximum absolute atomic E-state index is 12.7. The van der Waals surface area contributed by atoms with Crippen LogP contribution in [-0.4, -0.2) is 45.6 Å². The van der Waals surface area contributed by atoms with Crippen molar-refractivity contribution in [3.8, 4) is 0 Å². The molecule has 6 heteroatoms. The van der Waals surface area contributed by atoms with Crippen molar-refractivity contribution in [1.82, 2.24) is 0 Å². The summed E-state index contributed by atoms with van der Waals surface area (Å²) in [6, 6.07) is 0. The number of carbonyl (C=O) groups is 2. The summed E-state index contributed by atoms with van der Waals surface area (Å²) < 4.78 is 12.2. The summed E-state index contributed by atoms with van der Waals surface area (Å²) in [5.41, 5.74) is -1.66. The van der Waals surface area contributed by atoms with Crippen LogP contribution < -0.4 is 0 Å². The third-order valence-corrected chi connectivity index (χ3v) is 7.21. The van der Waals surface area contributed by atoms with E-state index in [9.17, 15) is 19.8 Å². The first-order valence-electron chi connectivity index (χ1n) is 10.1. The zero-order valence-electron chi connectivity index (χ0n) is 17.2. The molecule has 0 saturated heterocycles. The Morgan fingerprint density at radius 3 is 2.11 bits per heavy atom. The van der Waals surface area contributed by atoms with Gasteiger partial charge in [-0.25, -0.2) is 9.59 Å². The lowest BCUT2D eigenvalue weighted by Crippen LogP contribution is -2.64. The minimum atomic E-state index is -1.17. The molecule has 0 aromatic carbocycles. The molecule has 3 fully saturated rings. The van der Waals surface area contributed by atoms with Gasteiger partial charge >= 0.3 is 11.9 Å². The molecule has 3 rings (SSSR count). The predicted molar refractivity (Wildman–Crippen MR) is 103 cm³/mol. The SMILES string of the molecule is C=C(C)C(=O)OC12CCC(C1)C1CC(C(C)O)C(C(C)O)C12OC(=O)C(=C)C. The third-order valence-electron chi connectivity index (χ3n) is 7.21. The summed E-state index contributed by atoms with van der Waals surface area (Å²) >= 11 is 0. The molecular formula is C22H32O6.